The zero-order valence-electron chi connectivity index (χ0n) is 10.3. The van der Waals surface area contributed by atoms with Crippen molar-refractivity contribution >= 4 is 64.3 Å². The summed E-state index contributed by atoms with van der Waals surface area (Å²) in [5.74, 6) is -2.88. The average molecular weight is 393 g/mol. The van der Waals surface area contributed by atoms with Crippen LogP contribution in [0.4, 0.5) is 0 Å². The second-order valence-electron chi connectivity index (χ2n) is 4.34. The Labute approximate surface area is 127 Å². The smallest absolute Gasteiger partial charge is 0.251 e. The third kappa shape index (κ3) is 5.64. The molecule has 12 heteroatoms. The van der Waals surface area contributed by atoms with Crippen molar-refractivity contribution in [2.45, 2.75) is 39.8 Å². The van der Waals surface area contributed by atoms with Crippen LogP contribution in [0.5, 0.6) is 0 Å². The van der Waals surface area contributed by atoms with Crippen LogP contribution in [0.2, 0.25) is 0 Å². The van der Waals surface area contributed by atoms with E-state index in [0.717, 1.165) is 0 Å². The molecule has 0 aromatic rings. The summed E-state index contributed by atoms with van der Waals surface area (Å²) in [5, 5.41) is 6.18. The van der Waals surface area contributed by atoms with Crippen molar-refractivity contribution < 1.29 is 0 Å². The molecule has 0 aliphatic carbocycles. The van der Waals surface area contributed by atoms with Crippen molar-refractivity contribution in [3.8, 4) is 0 Å². The number of nitrogens with zero attached hydrogens (tertiary/aromatic N) is 3. The highest BCUT2D eigenvalue weighted by atomic mass is 35.9. The van der Waals surface area contributed by atoms with E-state index in [1.165, 1.54) is 0 Å². The van der Waals surface area contributed by atoms with E-state index < -0.39 is 19.3 Å². The summed E-state index contributed by atoms with van der Waals surface area (Å²) in [4.78, 5) is 0. The van der Waals surface area contributed by atoms with E-state index in [4.69, 9.17) is 45.0 Å². The molecule has 0 amide bonds. The third-order valence-electron chi connectivity index (χ3n) is 1.53. The van der Waals surface area contributed by atoms with Crippen LogP contribution < -0.4 is 10.2 Å². The molecule has 0 bridgehead atoms. The molecule has 0 aromatic heterocycles. The van der Waals surface area contributed by atoms with E-state index in [1.54, 1.807) is 0 Å². The highest BCUT2D eigenvalue weighted by Gasteiger charge is 2.33. The largest absolute Gasteiger partial charge is 0.257 e. The number of nitrogens with one attached hydrogen (secondary N) is 2. The summed E-state index contributed by atoms with van der Waals surface area (Å²) in [5.41, 5.74) is 0. The van der Waals surface area contributed by atoms with Crippen LogP contribution in [-0.4, -0.2) is 12.1 Å². The first kappa shape index (κ1) is 17.8. The summed E-state index contributed by atoms with van der Waals surface area (Å²) >= 11 is 25.0. The predicted molar refractivity (Wildman–Crippen MR) is 88.0 cm³/mol. The number of hydrogen-bond acceptors (Lipinski definition) is 5. The second-order valence-corrected chi connectivity index (χ2v) is 16.2. The summed E-state index contributed by atoms with van der Waals surface area (Å²) in [6, 6.07) is 0.192. The van der Waals surface area contributed by atoms with Gasteiger partial charge in [0.2, 0.25) is 13.4 Å². The average Bonchev–Trinajstić information content (AvgIpc) is 1.90. The molecular weight excluding hydrogens is 377 g/mol. The molecule has 1 rings (SSSR count). The van der Waals surface area contributed by atoms with Gasteiger partial charge >= 0.3 is 0 Å². The van der Waals surface area contributed by atoms with E-state index in [9.17, 15) is 0 Å². The van der Waals surface area contributed by atoms with Crippen molar-refractivity contribution in [3.05, 3.63) is 0 Å². The lowest BCUT2D eigenvalue weighted by Gasteiger charge is -2.27. The molecule has 0 saturated heterocycles. The van der Waals surface area contributed by atoms with Crippen LogP contribution in [0.3, 0.4) is 0 Å². The topological polar surface area (TPSA) is 61.1 Å². The van der Waals surface area contributed by atoms with Gasteiger partial charge in [0.1, 0.15) is 0 Å². The van der Waals surface area contributed by atoms with Gasteiger partial charge in [-0.2, -0.15) is 13.5 Å². The van der Waals surface area contributed by atoms with Gasteiger partial charge in [-0.15, -0.1) is 0 Å². The van der Waals surface area contributed by atoms with Crippen LogP contribution >= 0.6 is 64.3 Å². The lowest BCUT2D eigenvalue weighted by atomic mass is 10.4. The van der Waals surface area contributed by atoms with E-state index in [0.29, 0.717) is 0 Å². The Bertz CT molecular complexity index is 466. The quantitative estimate of drug-likeness (QED) is 0.517. The fourth-order valence-corrected chi connectivity index (χ4v) is 18.1. The van der Waals surface area contributed by atoms with Gasteiger partial charge in [-0.25, -0.2) is 0 Å². The minimum absolute atomic E-state index is 0.0962. The number of halogens is 4. The monoisotopic (exact) mass is 391 g/mol. The van der Waals surface area contributed by atoms with Gasteiger partial charge in [0.25, 0.3) is 5.91 Å². The maximum Gasteiger partial charge on any atom is 0.257 e. The lowest BCUT2D eigenvalue weighted by molar-refractivity contribution is 0.756. The fourth-order valence-electron chi connectivity index (χ4n) is 1.26. The lowest BCUT2D eigenvalue weighted by Crippen LogP contribution is -2.19. The molecule has 0 fully saturated rings. The molecule has 0 radical (unpaired) electrons. The molecule has 2 atom stereocenters. The van der Waals surface area contributed by atoms with Crippen molar-refractivity contribution in [1.29, 1.82) is 0 Å². The molecular formula is C6H16Cl4N5P3. The standard InChI is InChI=1S/C6H16Cl4N5P3/c1-5(2)11-17(9)13-16(7,8)14-18(10,15-17)12-6(3)4/h5-6,11-12H,1-4H3/t17-,18-/m0/s1. The Kier molecular flexibility index (Phi) is 6.20. The van der Waals surface area contributed by atoms with E-state index in [1.807, 2.05) is 27.7 Å². The molecule has 0 spiro atoms. The van der Waals surface area contributed by atoms with Gasteiger partial charge in [0.05, 0.1) is 0 Å². The van der Waals surface area contributed by atoms with E-state index >= 15 is 0 Å². The first-order chi connectivity index (χ1) is 7.95. The van der Waals surface area contributed by atoms with Gasteiger partial charge in [0, 0.05) is 12.1 Å². The highest BCUT2D eigenvalue weighted by molar-refractivity contribution is 8.17. The van der Waals surface area contributed by atoms with Crippen LogP contribution in [0, 0.1) is 0 Å². The van der Waals surface area contributed by atoms with Gasteiger partial charge in [-0.05, 0) is 72.7 Å². The Morgan fingerprint density at radius 1 is 0.722 bits per heavy atom. The van der Waals surface area contributed by atoms with Gasteiger partial charge < -0.3 is 0 Å². The first-order valence-electron chi connectivity index (χ1n) is 5.21. The molecule has 1 aliphatic heterocycles. The molecule has 18 heavy (non-hydrogen) atoms. The molecule has 5 nitrogen and oxygen atoms in total. The molecule has 1 aliphatic rings. The Hall–Kier alpha value is 1.77. The second kappa shape index (κ2) is 6.26. The van der Waals surface area contributed by atoms with E-state index in [-0.39, 0.29) is 12.1 Å². The van der Waals surface area contributed by atoms with Crippen LogP contribution in [-0.2, 0) is 0 Å². The maximum atomic E-state index is 6.39. The van der Waals surface area contributed by atoms with Gasteiger partial charge in [0.15, 0.2) is 0 Å². The number of hydrogen-bond donors (Lipinski definition) is 2. The van der Waals surface area contributed by atoms with Crippen molar-refractivity contribution in [1.82, 2.24) is 10.2 Å². The molecule has 0 aromatic carbocycles. The van der Waals surface area contributed by atoms with Crippen LogP contribution in [0.15, 0.2) is 13.5 Å². The minimum Gasteiger partial charge on any atom is -0.251 e. The predicted octanol–water partition coefficient (Wildman–Crippen LogP) is 6.79. The normalized spacial score (nSPS) is 35.0. The summed E-state index contributed by atoms with van der Waals surface area (Å²) in [6.07, 6.45) is 0. The minimum atomic E-state index is -2.88. The maximum absolute atomic E-state index is 6.39. The van der Waals surface area contributed by atoms with Crippen molar-refractivity contribution in [2.75, 3.05) is 0 Å². The Morgan fingerprint density at radius 2 is 1.11 bits per heavy atom. The molecule has 1 heterocycles. The molecule has 108 valence electrons. The highest BCUT2D eigenvalue weighted by Crippen LogP contribution is 2.83. The van der Waals surface area contributed by atoms with Crippen LogP contribution in [0.25, 0.3) is 0 Å². The van der Waals surface area contributed by atoms with Crippen molar-refractivity contribution in [2.24, 2.45) is 13.5 Å². The molecule has 2 N–H and O–H groups in total. The zero-order valence-corrected chi connectivity index (χ0v) is 16.1. The van der Waals surface area contributed by atoms with Crippen LogP contribution in [0.1, 0.15) is 27.7 Å². The van der Waals surface area contributed by atoms with Gasteiger partial charge in [-0.3, -0.25) is 10.2 Å². The van der Waals surface area contributed by atoms with Gasteiger partial charge in [-0.1, -0.05) is 0 Å². The van der Waals surface area contributed by atoms with E-state index in [2.05, 4.69) is 23.7 Å². The van der Waals surface area contributed by atoms with Crippen molar-refractivity contribution in [3.63, 3.8) is 0 Å². The summed E-state index contributed by atoms with van der Waals surface area (Å²) in [6.45, 7) is 2.35. The SMILES string of the molecule is CC(C)N[P@@]1(Cl)=NP(Cl)(Cl)=N[P@](Cl)(NC(C)C)=N1. The number of rotatable bonds is 4. The zero-order chi connectivity index (χ0) is 14.2. The molecule has 0 saturated carbocycles. The Morgan fingerprint density at radius 3 is 1.50 bits per heavy atom. The summed E-state index contributed by atoms with van der Waals surface area (Å²) in [7, 11) is 0. The molecule has 0 unspecified atom stereocenters. The fraction of sp³-hybridized carbons (Fsp3) is 1.00. The third-order valence-corrected chi connectivity index (χ3v) is 14.2. The summed E-state index contributed by atoms with van der Waals surface area (Å²) < 4.78 is 12.7. The first-order valence-corrected chi connectivity index (χ1v) is 13.9. The Balaban J connectivity index is 3.31.